The Labute approximate surface area is 131 Å². The fourth-order valence-electron chi connectivity index (χ4n) is 1.61. The van der Waals surface area contributed by atoms with Crippen LogP contribution in [0.15, 0.2) is 42.5 Å². The zero-order valence-corrected chi connectivity index (χ0v) is 12.1. The van der Waals surface area contributed by atoms with Gasteiger partial charge in [0.2, 0.25) is 0 Å². The van der Waals surface area contributed by atoms with Gasteiger partial charge in [-0.2, -0.15) is 0 Å². The number of para-hydroxylation sites is 1. The van der Waals surface area contributed by atoms with Crippen LogP contribution in [0.1, 0.15) is 5.56 Å². The Morgan fingerprint density at radius 1 is 1.13 bits per heavy atom. The maximum Gasteiger partial charge on any atom is 0.299 e. The third-order valence-electron chi connectivity index (χ3n) is 2.75. The smallest absolute Gasteiger partial charge is 0.299 e. The van der Waals surface area contributed by atoms with Gasteiger partial charge in [0.1, 0.15) is 11.4 Å². The van der Waals surface area contributed by atoms with Gasteiger partial charge in [0.15, 0.2) is 0 Å². The topological polar surface area (TPSA) is 142 Å². The third-order valence-corrected chi connectivity index (χ3v) is 2.75. The molecule has 0 aliphatic heterocycles. The van der Waals surface area contributed by atoms with Crippen molar-refractivity contribution in [3.05, 3.63) is 68.3 Å². The molecule has 0 unspecified atom stereocenters. The summed E-state index contributed by atoms with van der Waals surface area (Å²) in [5.41, 5.74) is 0.204. The van der Waals surface area contributed by atoms with Crippen LogP contribution < -0.4 is 5.32 Å². The molecule has 0 bridgehead atoms. The first-order chi connectivity index (χ1) is 10.9. The number of phenols is 1. The van der Waals surface area contributed by atoms with Crippen molar-refractivity contribution < 1.29 is 15.0 Å². The van der Waals surface area contributed by atoms with Crippen molar-refractivity contribution in [2.24, 2.45) is 0 Å². The quantitative estimate of drug-likeness (QED) is 0.449. The standard InChI is InChI=1S/C7H7N3O4.C7H7NO/c1-8-6-3-2-5(9(11)12)4-7(6)10(13)14;8-5-6-3-1-2-4-7(6)9/h2-4,8H,1H3;1-5,8-9H. The van der Waals surface area contributed by atoms with Crippen molar-refractivity contribution in [3.63, 3.8) is 0 Å². The van der Waals surface area contributed by atoms with Crippen molar-refractivity contribution in [2.75, 3.05) is 12.4 Å². The highest BCUT2D eigenvalue weighted by atomic mass is 16.6. The summed E-state index contributed by atoms with van der Waals surface area (Å²) in [5, 5.41) is 39.2. The minimum absolute atomic E-state index is 0.160. The molecule has 2 rings (SSSR count). The number of non-ortho nitro benzene ring substituents is 1. The predicted molar refractivity (Wildman–Crippen MR) is 85.3 cm³/mol. The molecule has 0 saturated carbocycles. The number of aromatic hydroxyl groups is 1. The summed E-state index contributed by atoms with van der Waals surface area (Å²) in [6.45, 7) is 0. The molecule has 0 radical (unpaired) electrons. The molecule has 2 aromatic carbocycles. The van der Waals surface area contributed by atoms with E-state index >= 15 is 0 Å². The first kappa shape index (κ1) is 17.6. The molecule has 23 heavy (non-hydrogen) atoms. The van der Waals surface area contributed by atoms with Crippen LogP contribution in [0, 0.1) is 25.6 Å². The van der Waals surface area contributed by atoms with E-state index in [1.165, 1.54) is 19.2 Å². The van der Waals surface area contributed by atoms with Crippen LogP contribution in [0.2, 0.25) is 0 Å². The summed E-state index contributed by atoms with van der Waals surface area (Å²) < 4.78 is 0. The zero-order chi connectivity index (χ0) is 17.4. The van der Waals surface area contributed by atoms with Gasteiger partial charge in [-0.3, -0.25) is 20.2 Å². The van der Waals surface area contributed by atoms with Gasteiger partial charge in [-0.15, -0.1) is 0 Å². The lowest BCUT2D eigenvalue weighted by atomic mass is 10.2. The van der Waals surface area contributed by atoms with Gasteiger partial charge in [0.05, 0.1) is 15.9 Å². The Bertz CT molecular complexity index is 733. The largest absolute Gasteiger partial charge is 0.507 e. The number of hydrogen-bond acceptors (Lipinski definition) is 7. The van der Waals surface area contributed by atoms with Crippen LogP contribution in [0.25, 0.3) is 0 Å². The summed E-state index contributed by atoms with van der Waals surface area (Å²) in [7, 11) is 1.51. The highest BCUT2D eigenvalue weighted by molar-refractivity contribution is 5.80. The van der Waals surface area contributed by atoms with Crippen LogP contribution in [0.5, 0.6) is 5.75 Å². The number of hydrogen-bond donors (Lipinski definition) is 3. The Hall–Kier alpha value is -3.49. The summed E-state index contributed by atoms with van der Waals surface area (Å²) in [4.78, 5) is 19.5. The van der Waals surface area contributed by atoms with Crippen LogP contribution in [0.4, 0.5) is 17.1 Å². The Morgan fingerprint density at radius 2 is 1.78 bits per heavy atom. The van der Waals surface area contributed by atoms with E-state index in [-0.39, 0.29) is 22.8 Å². The van der Waals surface area contributed by atoms with E-state index in [2.05, 4.69) is 5.32 Å². The number of nitrogens with zero attached hydrogens (tertiary/aromatic N) is 2. The van der Waals surface area contributed by atoms with Gasteiger partial charge in [0, 0.05) is 24.9 Å². The molecule has 0 saturated heterocycles. The van der Waals surface area contributed by atoms with Crippen molar-refractivity contribution in [1.29, 1.82) is 5.41 Å². The monoisotopic (exact) mass is 318 g/mol. The van der Waals surface area contributed by atoms with Crippen LogP contribution >= 0.6 is 0 Å². The normalized spacial score (nSPS) is 9.26. The van der Waals surface area contributed by atoms with Gasteiger partial charge < -0.3 is 15.8 Å². The van der Waals surface area contributed by atoms with Crippen molar-refractivity contribution in [2.45, 2.75) is 0 Å². The van der Waals surface area contributed by atoms with E-state index in [0.29, 0.717) is 5.56 Å². The average molecular weight is 318 g/mol. The molecule has 0 amide bonds. The molecule has 0 aromatic heterocycles. The summed E-state index contributed by atoms with van der Waals surface area (Å²) >= 11 is 0. The van der Waals surface area contributed by atoms with E-state index in [1.54, 1.807) is 24.3 Å². The number of nitrogens with one attached hydrogen (secondary N) is 2. The maximum atomic E-state index is 10.5. The second kappa shape index (κ2) is 8.08. The molecule has 9 nitrogen and oxygen atoms in total. The van der Waals surface area contributed by atoms with E-state index < -0.39 is 9.85 Å². The van der Waals surface area contributed by atoms with Crippen LogP contribution in [-0.2, 0) is 0 Å². The summed E-state index contributed by atoms with van der Waals surface area (Å²) in [6, 6.07) is 10.2. The Balaban J connectivity index is 0.000000253. The van der Waals surface area contributed by atoms with Gasteiger partial charge in [-0.1, -0.05) is 12.1 Å². The highest BCUT2D eigenvalue weighted by Crippen LogP contribution is 2.28. The molecular weight excluding hydrogens is 304 g/mol. The highest BCUT2D eigenvalue weighted by Gasteiger charge is 2.17. The number of nitro benzene ring substituents is 2. The second-order valence-corrected chi connectivity index (χ2v) is 4.17. The number of phenolic OH excluding ortho intramolecular Hbond substituents is 1. The first-order valence-electron chi connectivity index (χ1n) is 6.29. The molecule has 0 fully saturated rings. The van der Waals surface area contributed by atoms with Crippen molar-refractivity contribution in [1.82, 2.24) is 0 Å². The molecule has 0 heterocycles. The molecule has 0 atom stereocenters. The lowest BCUT2D eigenvalue weighted by Gasteiger charge is -2.00. The van der Waals surface area contributed by atoms with E-state index in [0.717, 1.165) is 12.3 Å². The summed E-state index contributed by atoms with van der Waals surface area (Å²) in [5.74, 6) is 0.160. The summed E-state index contributed by atoms with van der Waals surface area (Å²) in [6.07, 6.45) is 1.12. The molecule has 120 valence electrons. The maximum absolute atomic E-state index is 10.5. The average Bonchev–Trinajstić information content (AvgIpc) is 2.55. The molecular formula is C14H14N4O5. The second-order valence-electron chi connectivity index (χ2n) is 4.17. The molecule has 9 heteroatoms. The number of nitro groups is 2. The Kier molecular flexibility index (Phi) is 6.17. The minimum atomic E-state index is -0.674. The van der Waals surface area contributed by atoms with Crippen LogP contribution in [-0.4, -0.2) is 28.2 Å². The molecule has 2 aromatic rings. The van der Waals surface area contributed by atoms with Crippen LogP contribution in [0.3, 0.4) is 0 Å². The molecule has 0 aliphatic carbocycles. The van der Waals surface area contributed by atoms with Gasteiger partial charge in [-0.05, 0) is 18.2 Å². The predicted octanol–water partition coefficient (Wildman–Crippen LogP) is 2.93. The first-order valence-corrected chi connectivity index (χ1v) is 6.29. The Morgan fingerprint density at radius 3 is 2.22 bits per heavy atom. The van der Waals surface area contributed by atoms with Gasteiger partial charge >= 0.3 is 0 Å². The molecule has 3 N–H and O–H groups in total. The molecule has 0 spiro atoms. The van der Waals surface area contributed by atoms with Crippen molar-refractivity contribution in [3.8, 4) is 5.75 Å². The van der Waals surface area contributed by atoms with Gasteiger partial charge in [-0.25, -0.2) is 0 Å². The minimum Gasteiger partial charge on any atom is -0.507 e. The van der Waals surface area contributed by atoms with E-state index in [4.69, 9.17) is 10.5 Å². The number of anilines is 1. The SMILES string of the molecule is CNc1ccc([N+](=O)[O-])cc1[N+](=O)[O-].N=Cc1ccccc1O. The van der Waals surface area contributed by atoms with Gasteiger partial charge in [0.25, 0.3) is 11.4 Å². The fraction of sp³-hybridized carbons (Fsp3) is 0.0714. The third kappa shape index (κ3) is 4.77. The zero-order valence-electron chi connectivity index (χ0n) is 12.1. The van der Waals surface area contributed by atoms with E-state index in [1.807, 2.05) is 0 Å². The number of benzene rings is 2. The van der Waals surface area contributed by atoms with Crippen molar-refractivity contribution >= 4 is 23.3 Å². The van der Waals surface area contributed by atoms with E-state index in [9.17, 15) is 20.2 Å². The lowest BCUT2D eigenvalue weighted by molar-refractivity contribution is -0.393. The number of rotatable bonds is 4. The fourth-order valence-corrected chi connectivity index (χ4v) is 1.61. The lowest BCUT2D eigenvalue weighted by Crippen LogP contribution is -1.98. The molecule has 0 aliphatic rings.